The van der Waals surface area contributed by atoms with E-state index in [2.05, 4.69) is 37.1 Å². The van der Waals surface area contributed by atoms with Gasteiger partial charge in [0.25, 0.3) is 0 Å². The Morgan fingerprint density at radius 1 is 1.42 bits per heavy atom. The van der Waals surface area contributed by atoms with E-state index in [1.807, 2.05) is 0 Å². The van der Waals surface area contributed by atoms with Crippen molar-refractivity contribution in [3.8, 4) is 0 Å². The summed E-state index contributed by atoms with van der Waals surface area (Å²) in [7, 11) is 0. The van der Waals surface area contributed by atoms with Crippen LogP contribution in [0.2, 0.25) is 0 Å². The molecule has 0 amide bonds. The van der Waals surface area contributed by atoms with Crippen LogP contribution in [-0.2, 0) is 17.8 Å². The molecular formula is C15H26N2O2. The Morgan fingerprint density at radius 3 is 3.00 bits per heavy atom. The molecule has 19 heavy (non-hydrogen) atoms. The van der Waals surface area contributed by atoms with Crippen molar-refractivity contribution >= 4 is 0 Å². The lowest BCUT2D eigenvalue weighted by Gasteiger charge is -2.42. The standard InChI is InChI=1S/C15H26N2O2/c1-4-6-16-10-14-13(5-8-19-14)11-17-7-9-18-12-15(17,2)3/h5,8,16H,4,6-7,9-12H2,1-3H3. The van der Waals surface area contributed by atoms with Crippen LogP contribution >= 0.6 is 0 Å². The van der Waals surface area contributed by atoms with Gasteiger partial charge in [0, 0.05) is 24.2 Å². The number of furan rings is 1. The van der Waals surface area contributed by atoms with Crippen LogP contribution in [-0.4, -0.2) is 36.7 Å². The number of hydrogen-bond acceptors (Lipinski definition) is 4. The van der Waals surface area contributed by atoms with E-state index in [4.69, 9.17) is 9.15 Å². The monoisotopic (exact) mass is 266 g/mol. The minimum absolute atomic E-state index is 0.101. The van der Waals surface area contributed by atoms with E-state index < -0.39 is 0 Å². The van der Waals surface area contributed by atoms with Crippen LogP contribution < -0.4 is 5.32 Å². The molecule has 0 unspecified atom stereocenters. The van der Waals surface area contributed by atoms with Crippen molar-refractivity contribution in [1.29, 1.82) is 0 Å². The largest absolute Gasteiger partial charge is 0.468 e. The lowest BCUT2D eigenvalue weighted by atomic mass is 10.0. The van der Waals surface area contributed by atoms with Gasteiger partial charge in [0.05, 0.1) is 26.0 Å². The summed E-state index contributed by atoms with van der Waals surface area (Å²) in [6, 6.07) is 2.09. The number of nitrogens with zero attached hydrogens (tertiary/aromatic N) is 1. The van der Waals surface area contributed by atoms with Gasteiger partial charge in [0.15, 0.2) is 0 Å². The van der Waals surface area contributed by atoms with Crippen LogP contribution in [0.5, 0.6) is 0 Å². The third-order valence-electron chi connectivity index (χ3n) is 3.73. The van der Waals surface area contributed by atoms with Crippen molar-refractivity contribution in [2.75, 3.05) is 26.3 Å². The molecule has 2 rings (SSSR count). The summed E-state index contributed by atoms with van der Waals surface area (Å²) in [5, 5.41) is 3.40. The Kier molecular flexibility index (Phi) is 5.02. The molecule has 4 nitrogen and oxygen atoms in total. The topological polar surface area (TPSA) is 37.6 Å². The maximum atomic E-state index is 5.60. The average molecular weight is 266 g/mol. The molecule has 4 heteroatoms. The van der Waals surface area contributed by atoms with Crippen molar-refractivity contribution < 1.29 is 9.15 Å². The van der Waals surface area contributed by atoms with E-state index in [-0.39, 0.29) is 5.54 Å². The highest BCUT2D eigenvalue weighted by Crippen LogP contribution is 2.23. The Morgan fingerprint density at radius 2 is 2.26 bits per heavy atom. The molecule has 1 aliphatic rings. The predicted octanol–water partition coefficient (Wildman–Crippen LogP) is 2.39. The van der Waals surface area contributed by atoms with E-state index in [9.17, 15) is 0 Å². The van der Waals surface area contributed by atoms with Crippen LogP contribution in [0.1, 0.15) is 38.5 Å². The Balaban J connectivity index is 1.96. The lowest BCUT2D eigenvalue weighted by Crippen LogP contribution is -2.52. The van der Waals surface area contributed by atoms with Crippen molar-refractivity contribution in [3.63, 3.8) is 0 Å². The molecule has 1 fully saturated rings. The SMILES string of the molecule is CCCNCc1occc1CN1CCOCC1(C)C. The second-order valence-electron chi connectivity index (χ2n) is 5.83. The number of rotatable bonds is 6. The summed E-state index contributed by atoms with van der Waals surface area (Å²) in [4.78, 5) is 2.48. The number of hydrogen-bond donors (Lipinski definition) is 1. The van der Waals surface area contributed by atoms with Gasteiger partial charge in [-0.2, -0.15) is 0 Å². The number of nitrogens with one attached hydrogen (secondary N) is 1. The van der Waals surface area contributed by atoms with Gasteiger partial charge in [0.2, 0.25) is 0 Å². The predicted molar refractivity (Wildman–Crippen MR) is 76.0 cm³/mol. The molecule has 1 saturated heterocycles. The van der Waals surface area contributed by atoms with E-state index >= 15 is 0 Å². The van der Waals surface area contributed by atoms with Gasteiger partial charge in [-0.25, -0.2) is 0 Å². The van der Waals surface area contributed by atoms with Crippen LogP contribution in [0.15, 0.2) is 16.7 Å². The molecule has 1 aliphatic heterocycles. The van der Waals surface area contributed by atoms with E-state index in [0.29, 0.717) is 0 Å². The summed E-state index contributed by atoms with van der Waals surface area (Å²) >= 11 is 0. The van der Waals surface area contributed by atoms with Crippen molar-refractivity contribution in [3.05, 3.63) is 23.7 Å². The molecule has 0 atom stereocenters. The Labute approximate surface area is 116 Å². The summed E-state index contributed by atoms with van der Waals surface area (Å²) < 4.78 is 11.2. The number of morpholine rings is 1. The summed E-state index contributed by atoms with van der Waals surface area (Å²) in [5.74, 6) is 1.07. The molecule has 0 aromatic carbocycles. The molecule has 0 radical (unpaired) electrons. The van der Waals surface area contributed by atoms with E-state index in [1.54, 1.807) is 6.26 Å². The second kappa shape index (κ2) is 6.55. The smallest absolute Gasteiger partial charge is 0.122 e. The average Bonchev–Trinajstić information content (AvgIpc) is 2.80. The molecule has 2 heterocycles. The minimum atomic E-state index is 0.101. The third kappa shape index (κ3) is 3.81. The van der Waals surface area contributed by atoms with Crippen LogP contribution in [0.4, 0.5) is 0 Å². The first kappa shape index (κ1) is 14.6. The van der Waals surface area contributed by atoms with Gasteiger partial charge < -0.3 is 14.5 Å². The number of ether oxygens (including phenoxy) is 1. The minimum Gasteiger partial charge on any atom is -0.468 e. The molecule has 0 aliphatic carbocycles. The molecule has 108 valence electrons. The molecule has 1 aromatic rings. The van der Waals surface area contributed by atoms with Gasteiger partial charge in [-0.3, -0.25) is 4.90 Å². The van der Waals surface area contributed by atoms with Gasteiger partial charge >= 0.3 is 0 Å². The maximum absolute atomic E-state index is 5.60. The highest BCUT2D eigenvalue weighted by Gasteiger charge is 2.31. The van der Waals surface area contributed by atoms with Gasteiger partial charge in [-0.1, -0.05) is 6.92 Å². The van der Waals surface area contributed by atoms with Gasteiger partial charge in [0.1, 0.15) is 5.76 Å². The fourth-order valence-corrected chi connectivity index (χ4v) is 2.43. The summed E-state index contributed by atoms with van der Waals surface area (Å²) in [5.41, 5.74) is 1.39. The lowest BCUT2D eigenvalue weighted by molar-refractivity contribution is -0.0554. The first-order valence-electron chi connectivity index (χ1n) is 7.22. The summed E-state index contributed by atoms with van der Waals surface area (Å²) in [6.45, 7) is 12.0. The van der Waals surface area contributed by atoms with Crippen molar-refractivity contribution in [2.24, 2.45) is 0 Å². The van der Waals surface area contributed by atoms with Crippen LogP contribution in [0, 0.1) is 0 Å². The van der Waals surface area contributed by atoms with Gasteiger partial charge in [-0.15, -0.1) is 0 Å². The molecule has 0 bridgehead atoms. The van der Waals surface area contributed by atoms with Crippen molar-refractivity contribution in [1.82, 2.24) is 10.2 Å². The third-order valence-corrected chi connectivity index (χ3v) is 3.73. The highest BCUT2D eigenvalue weighted by molar-refractivity contribution is 5.17. The first-order valence-corrected chi connectivity index (χ1v) is 7.22. The van der Waals surface area contributed by atoms with Crippen LogP contribution in [0.25, 0.3) is 0 Å². The fourth-order valence-electron chi connectivity index (χ4n) is 2.43. The first-order chi connectivity index (χ1) is 9.13. The van der Waals surface area contributed by atoms with E-state index in [1.165, 1.54) is 5.56 Å². The molecule has 0 saturated carbocycles. The fraction of sp³-hybridized carbons (Fsp3) is 0.733. The summed E-state index contributed by atoms with van der Waals surface area (Å²) in [6.07, 6.45) is 2.94. The van der Waals surface area contributed by atoms with E-state index in [0.717, 1.165) is 51.6 Å². The molecule has 0 spiro atoms. The second-order valence-corrected chi connectivity index (χ2v) is 5.83. The maximum Gasteiger partial charge on any atom is 0.122 e. The van der Waals surface area contributed by atoms with Crippen LogP contribution in [0.3, 0.4) is 0 Å². The highest BCUT2D eigenvalue weighted by atomic mass is 16.5. The molecule has 1 aromatic heterocycles. The Bertz CT molecular complexity index is 387. The molecule has 1 N–H and O–H groups in total. The van der Waals surface area contributed by atoms with Crippen molar-refractivity contribution in [2.45, 2.75) is 45.8 Å². The quantitative estimate of drug-likeness (QED) is 0.802. The zero-order valence-electron chi connectivity index (χ0n) is 12.4. The normalized spacial score (nSPS) is 19.7. The van der Waals surface area contributed by atoms with Gasteiger partial charge in [-0.05, 0) is 32.9 Å². The zero-order valence-corrected chi connectivity index (χ0v) is 12.4. The Hall–Kier alpha value is -0.840. The zero-order chi connectivity index (χ0) is 13.7. The molecular weight excluding hydrogens is 240 g/mol.